The Balaban J connectivity index is 1.40. The average molecular weight is 409 g/mol. The van der Waals surface area contributed by atoms with Crippen LogP contribution in [0.2, 0.25) is 0 Å². The molecule has 2 heterocycles. The zero-order chi connectivity index (χ0) is 14.9. The molecule has 6 atom stereocenters. The average Bonchev–Trinajstić information content (AvgIpc) is 3.10. The second-order valence-corrected chi connectivity index (χ2v) is 8.66. The number of carbonyl (C=O) groups is 1. The number of hydrogen-bond donors (Lipinski definition) is 3. The molecule has 2 aliphatic heterocycles. The minimum absolute atomic E-state index is 0.205. The maximum atomic E-state index is 12.6. The Morgan fingerprint density at radius 1 is 1.18 bits per heavy atom. The lowest BCUT2D eigenvalue weighted by Crippen LogP contribution is -2.37. The van der Waals surface area contributed by atoms with Gasteiger partial charge in [-0.25, -0.2) is 5.43 Å². The number of hydrazine groups is 1. The van der Waals surface area contributed by atoms with Crippen LogP contribution in [0, 0.1) is 17.8 Å². The molecule has 0 radical (unpaired) electrons. The predicted octanol–water partition coefficient (Wildman–Crippen LogP) is 2.55. The van der Waals surface area contributed by atoms with Crippen molar-refractivity contribution in [3.05, 3.63) is 29.8 Å². The Morgan fingerprint density at radius 3 is 2.95 bits per heavy atom. The number of para-hydroxylation sites is 1. The summed E-state index contributed by atoms with van der Waals surface area (Å²) < 4.78 is 0.548. The highest BCUT2D eigenvalue weighted by Gasteiger charge is 2.67. The zero-order valence-electron chi connectivity index (χ0n) is 12.3. The molecule has 2 aliphatic carbocycles. The van der Waals surface area contributed by atoms with Crippen LogP contribution in [0.25, 0.3) is 0 Å². The summed E-state index contributed by atoms with van der Waals surface area (Å²) in [4.78, 5) is 12.6. The molecule has 3 fully saturated rings. The molecule has 4 unspecified atom stereocenters. The minimum Gasteiger partial charge on any atom is -0.325 e. The first-order valence-electron chi connectivity index (χ1n) is 8.26. The molecule has 1 amide bonds. The Kier molecular flexibility index (Phi) is 2.92. The van der Waals surface area contributed by atoms with Crippen molar-refractivity contribution < 1.29 is 4.79 Å². The topological polar surface area (TPSA) is 53.2 Å². The highest BCUT2D eigenvalue weighted by molar-refractivity contribution is 14.1. The number of halogens is 1. The molecule has 1 spiro atoms. The number of alkyl halides is 1. The van der Waals surface area contributed by atoms with Crippen LogP contribution < -0.4 is 16.2 Å². The van der Waals surface area contributed by atoms with Crippen molar-refractivity contribution in [1.29, 1.82) is 0 Å². The van der Waals surface area contributed by atoms with Gasteiger partial charge in [0.1, 0.15) is 0 Å². The van der Waals surface area contributed by atoms with E-state index in [1.165, 1.54) is 24.8 Å². The van der Waals surface area contributed by atoms with E-state index < -0.39 is 0 Å². The Morgan fingerprint density at radius 2 is 2.05 bits per heavy atom. The van der Waals surface area contributed by atoms with Crippen molar-refractivity contribution >= 4 is 34.2 Å². The van der Waals surface area contributed by atoms with E-state index in [0.29, 0.717) is 21.9 Å². The van der Waals surface area contributed by atoms with E-state index in [9.17, 15) is 4.79 Å². The third-order valence-electron chi connectivity index (χ3n) is 6.37. The van der Waals surface area contributed by atoms with Gasteiger partial charge in [0.05, 0.1) is 9.46 Å². The molecule has 1 saturated heterocycles. The Bertz CT molecular complexity index is 651. The molecular formula is C17H20IN3O. The van der Waals surface area contributed by atoms with E-state index in [-0.39, 0.29) is 11.3 Å². The van der Waals surface area contributed by atoms with Crippen molar-refractivity contribution in [2.75, 3.05) is 5.32 Å². The lowest BCUT2D eigenvalue weighted by molar-refractivity contribution is -0.118. The van der Waals surface area contributed by atoms with Crippen LogP contribution in [0.5, 0.6) is 0 Å². The van der Waals surface area contributed by atoms with E-state index in [1.807, 2.05) is 12.1 Å². The van der Waals surface area contributed by atoms with Gasteiger partial charge in [0.2, 0.25) is 5.91 Å². The summed E-state index contributed by atoms with van der Waals surface area (Å²) >= 11 is 2.50. The van der Waals surface area contributed by atoms with Gasteiger partial charge >= 0.3 is 0 Å². The van der Waals surface area contributed by atoms with Crippen LogP contribution in [-0.4, -0.2) is 16.0 Å². The monoisotopic (exact) mass is 409 g/mol. The van der Waals surface area contributed by atoms with E-state index in [0.717, 1.165) is 18.0 Å². The maximum Gasteiger partial charge on any atom is 0.235 e. The minimum atomic E-state index is -0.205. The van der Waals surface area contributed by atoms with Crippen molar-refractivity contribution in [3.8, 4) is 0 Å². The van der Waals surface area contributed by atoms with Gasteiger partial charge in [-0.15, -0.1) is 0 Å². The molecule has 1 aromatic rings. The number of amides is 1. The summed E-state index contributed by atoms with van der Waals surface area (Å²) in [6, 6.07) is 8.84. The number of benzene rings is 1. The molecular weight excluding hydrogens is 389 g/mol. The smallest absolute Gasteiger partial charge is 0.235 e. The molecule has 5 rings (SSSR count). The summed E-state index contributed by atoms with van der Waals surface area (Å²) in [7, 11) is 0. The van der Waals surface area contributed by atoms with Crippen LogP contribution >= 0.6 is 22.6 Å². The number of fused-ring (bicyclic) bond motifs is 3. The Labute approximate surface area is 143 Å². The molecule has 3 N–H and O–H groups in total. The molecule has 1 aromatic carbocycles. The third-order valence-corrected chi connectivity index (χ3v) is 7.61. The predicted molar refractivity (Wildman–Crippen MR) is 93.6 cm³/mol. The molecule has 116 valence electrons. The van der Waals surface area contributed by atoms with Crippen LogP contribution in [0.3, 0.4) is 0 Å². The number of hydrogen-bond acceptors (Lipinski definition) is 3. The van der Waals surface area contributed by atoms with E-state index in [2.05, 4.69) is 50.9 Å². The van der Waals surface area contributed by atoms with E-state index in [4.69, 9.17) is 0 Å². The fraction of sp³-hybridized carbons (Fsp3) is 0.588. The fourth-order valence-corrected chi connectivity index (χ4v) is 6.21. The summed E-state index contributed by atoms with van der Waals surface area (Å²) in [5.41, 5.74) is 8.94. The zero-order valence-corrected chi connectivity index (χ0v) is 14.5. The SMILES string of the molecule is O=C1Nc2ccccc2[C@@]12C[C@@H]2C1CCC2C(I)NNC2C1. The highest BCUT2D eigenvalue weighted by atomic mass is 127. The second kappa shape index (κ2) is 4.68. The van der Waals surface area contributed by atoms with Crippen molar-refractivity contribution in [2.24, 2.45) is 17.8 Å². The van der Waals surface area contributed by atoms with Gasteiger partial charge in [0.15, 0.2) is 0 Å². The summed E-state index contributed by atoms with van der Waals surface area (Å²) in [6.45, 7) is 0. The molecule has 2 saturated carbocycles. The number of nitrogens with one attached hydrogen (secondary N) is 3. The maximum absolute atomic E-state index is 12.6. The number of anilines is 1. The normalized spacial score (nSPS) is 45.5. The lowest BCUT2D eigenvalue weighted by atomic mass is 9.75. The van der Waals surface area contributed by atoms with Crippen molar-refractivity contribution in [2.45, 2.75) is 41.2 Å². The van der Waals surface area contributed by atoms with Gasteiger partial charge in [-0.1, -0.05) is 40.8 Å². The second-order valence-electron chi connectivity index (χ2n) is 7.32. The van der Waals surface area contributed by atoms with Gasteiger partial charge in [-0.05, 0) is 49.1 Å². The summed E-state index contributed by atoms with van der Waals surface area (Å²) in [5.74, 6) is 2.20. The van der Waals surface area contributed by atoms with Gasteiger partial charge in [-0.3, -0.25) is 10.2 Å². The fourth-order valence-electron chi connectivity index (χ4n) is 5.17. The first-order chi connectivity index (χ1) is 10.7. The Hall–Kier alpha value is -0.660. The van der Waals surface area contributed by atoms with Crippen molar-refractivity contribution in [3.63, 3.8) is 0 Å². The van der Waals surface area contributed by atoms with Crippen LogP contribution in [0.1, 0.15) is 31.2 Å². The van der Waals surface area contributed by atoms with E-state index >= 15 is 0 Å². The molecule has 0 aromatic heterocycles. The van der Waals surface area contributed by atoms with Crippen LogP contribution in [0.15, 0.2) is 24.3 Å². The quantitative estimate of drug-likeness (QED) is 0.380. The number of carbonyl (C=O) groups excluding carboxylic acids is 1. The molecule has 5 heteroatoms. The van der Waals surface area contributed by atoms with Gasteiger partial charge < -0.3 is 5.32 Å². The standard InChI is InChI=1S/C17H20IN3O/c18-15-10-6-5-9(7-14(10)20-21-15)12-8-17(12)11-3-1-2-4-13(11)19-16(17)22/h1-4,9-10,12,14-15,20-21H,5-8H2,(H,19,22)/t9?,10?,12-,14?,15?,17-/m1/s1. The number of rotatable bonds is 1. The van der Waals surface area contributed by atoms with Crippen molar-refractivity contribution in [1.82, 2.24) is 10.9 Å². The summed E-state index contributed by atoms with van der Waals surface area (Å²) in [6.07, 6.45) is 4.79. The third kappa shape index (κ3) is 1.73. The molecule has 22 heavy (non-hydrogen) atoms. The summed E-state index contributed by atoms with van der Waals surface area (Å²) in [5, 5.41) is 3.10. The van der Waals surface area contributed by atoms with Gasteiger partial charge in [-0.2, -0.15) is 0 Å². The first-order valence-corrected chi connectivity index (χ1v) is 9.51. The molecule has 4 nitrogen and oxygen atoms in total. The molecule has 0 bridgehead atoms. The van der Waals surface area contributed by atoms with E-state index in [1.54, 1.807) is 0 Å². The highest BCUT2D eigenvalue weighted by Crippen LogP contribution is 2.64. The van der Waals surface area contributed by atoms with Gasteiger partial charge in [0, 0.05) is 17.6 Å². The van der Waals surface area contributed by atoms with Crippen LogP contribution in [-0.2, 0) is 10.2 Å². The molecule has 4 aliphatic rings. The lowest BCUT2D eigenvalue weighted by Gasteiger charge is -2.32. The first kappa shape index (κ1) is 13.7. The van der Waals surface area contributed by atoms with Gasteiger partial charge in [0.25, 0.3) is 0 Å². The largest absolute Gasteiger partial charge is 0.325 e. The van der Waals surface area contributed by atoms with Crippen LogP contribution in [0.4, 0.5) is 5.69 Å².